The molecule has 0 aromatic rings. The van der Waals surface area contributed by atoms with Crippen molar-refractivity contribution in [2.45, 2.75) is 33.6 Å². The fourth-order valence-electron chi connectivity index (χ4n) is 2.26. The summed E-state index contributed by atoms with van der Waals surface area (Å²) < 4.78 is 4.90. The van der Waals surface area contributed by atoms with Crippen LogP contribution in [0.15, 0.2) is 47.1 Å². The van der Waals surface area contributed by atoms with Gasteiger partial charge in [0.15, 0.2) is 0 Å². The molecule has 0 amide bonds. The molecule has 0 aliphatic heterocycles. The van der Waals surface area contributed by atoms with E-state index in [9.17, 15) is 4.79 Å². The predicted molar refractivity (Wildman–Crippen MR) is 102 cm³/mol. The van der Waals surface area contributed by atoms with Gasteiger partial charge in [0.25, 0.3) is 0 Å². The Morgan fingerprint density at radius 2 is 2.08 bits per heavy atom. The van der Waals surface area contributed by atoms with E-state index in [1.807, 2.05) is 26.0 Å². The van der Waals surface area contributed by atoms with Crippen molar-refractivity contribution in [3.63, 3.8) is 0 Å². The second kappa shape index (κ2) is 11.7. The van der Waals surface area contributed by atoms with Gasteiger partial charge in [-0.05, 0) is 51.2 Å². The number of ether oxygens (including phenoxy) is 1. The van der Waals surface area contributed by atoms with Gasteiger partial charge >= 0.3 is 5.97 Å². The topological polar surface area (TPSA) is 84.6 Å². The van der Waals surface area contributed by atoms with E-state index in [1.165, 1.54) is 7.11 Å². The second-order valence-electron chi connectivity index (χ2n) is 5.50. The zero-order valence-corrected chi connectivity index (χ0v) is 15.7. The maximum atomic E-state index is 12.2. The molecule has 0 bridgehead atoms. The summed E-state index contributed by atoms with van der Waals surface area (Å²) in [5, 5.41) is 9.10. The lowest BCUT2D eigenvalue weighted by Gasteiger charge is -2.19. The van der Waals surface area contributed by atoms with E-state index < -0.39 is 5.97 Å². The van der Waals surface area contributed by atoms with E-state index in [4.69, 9.17) is 27.9 Å². The molecule has 0 saturated heterocycles. The van der Waals surface area contributed by atoms with Crippen LogP contribution >= 0.6 is 12.2 Å². The van der Waals surface area contributed by atoms with Crippen LogP contribution in [0, 0.1) is 5.92 Å². The SMILES string of the molecule is C=C(C)C(=CC(C(=O)OC)=C(C)C(CCC=CC)CNO)C(N)=S. The van der Waals surface area contributed by atoms with Crippen molar-refractivity contribution in [3.05, 3.63) is 47.1 Å². The van der Waals surface area contributed by atoms with Crippen LogP contribution in [0.25, 0.3) is 0 Å². The van der Waals surface area contributed by atoms with E-state index in [2.05, 4.69) is 12.1 Å². The fourth-order valence-corrected chi connectivity index (χ4v) is 2.49. The first-order valence-corrected chi connectivity index (χ1v) is 8.15. The zero-order chi connectivity index (χ0) is 18.7. The first-order valence-electron chi connectivity index (χ1n) is 7.74. The number of methoxy groups -OCH3 is 1. The van der Waals surface area contributed by atoms with E-state index in [1.54, 1.807) is 13.0 Å². The minimum Gasteiger partial charge on any atom is -0.465 e. The van der Waals surface area contributed by atoms with Crippen LogP contribution < -0.4 is 11.2 Å². The lowest BCUT2D eigenvalue weighted by Crippen LogP contribution is -2.23. The molecule has 0 fully saturated rings. The number of allylic oxidation sites excluding steroid dienone is 2. The number of hydrogen-bond donors (Lipinski definition) is 3. The minimum absolute atomic E-state index is 0.0470. The van der Waals surface area contributed by atoms with Gasteiger partial charge in [-0.25, -0.2) is 10.3 Å². The highest BCUT2D eigenvalue weighted by atomic mass is 32.1. The van der Waals surface area contributed by atoms with Crippen molar-refractivity contribution >= 4 is 23.2 Å². The highest BCUT2D eigenvalue weighted by Gasteiger charge is 2.19. The van der Waals surface area contributed by atoms with Gasteiger partial charge in [0, 0.05) is 12.1 Å². The summed E-state index contributed by atoms with van der Waals surface area (Å²) in [4.78, 5) is 12.4. The molecule has 134 valence electrons. The number of hydrogen-bond acceptors (Lipinski definition) is 5. The Morgan fingerprint density at radius 1 is 1.46 bits per heavy atom. The summed E-state index contributed by atoms with van der Waals surface area (Å²) in [6.45, 7) is 9.74. The molecule has 1 atom stereocenters. The van der Waals surface area contributed by atoms with E-state index >= 15 is 0 Å². The number of nitrogens with one attached hydrogen (secondary N) is 1. The van der Waals surface area contributed by atoms with Gasteiger partial charge in [0.05, 0.1) is 12.7 Å². The van der Waals surface area contributed by atoms with Crippen molar-refractivity contribution in [1.29, 1.82) is 0 Å². The molecule has 1 unspecified atom stereocenters. The summed E-state index contributed by atoms with van der Waals surface area (Å²) in [6.07, 6.45) is 7.23. The van der Waals surface area contributed by atoms with Crippen molar-refractivity contribution in [2.24, 2.45) is 11.7 Å². The Balaban J connectivity index is 5.99. The summed E-state index contributed by atoms with van der Waals surface area (Å²) >= 11 is 5.04. The number of esters is 1. The van der Waals surface area contributed by atoms with Crippen LogP contribution in [-0.4, -0.2) is 29.8 Å². The first-order chi connectivity index (χ1) is 11.3. The highest BCUT2D eigenvalue weighted by molar-refractivity contribution is 7.80. The second-order valence-corrected chi connectivity index (χ2v) is 5.94. The van der Waals surface area contributed by atoms with Crippen LogP contribution in [-0.2, 0) is 9.53 Å². The molecular formula is C18H28N2O3S. The van der Waals surface area contributed by atoms with Gasteiger partial charge in [0.2, 0.25) is 0 Å². The third-order valence-corrected chi connectivity index (χ3v) is 3.93. The van der Waals surface area contributed by atoms with Gasteiger partial charge in [-0.1, -0.05) is 36.5 Å². The van der Waals surface area contributed by atoms with Crippen LogP contribution in [0.1, 0.15) is 33.6 Å². The van der Waals surface area contributed by atoms with Crippen molar-refractivity contribution in [1.82, 2.24) is 5.48 Å². The van der Waals surface area contributed by atoms with Crippen LogP contribution in [0.3, 0.4) is 0 Å². The zero-order valence-electron chi connectivity index (χ0n) is 14.9. The van der Waals surface area contributed by atoms with Gasteiger partial charge in [-0.15, -0.1) is 0 Å². The molecule has 0 aromatic heterocycles. The maximum Gasteiger partial charge on any atom is 0.337 e. The van der Waals surface area contributed by atoms with Crippen LogP contribution in [0.2, 0.25) is 0 Å². The van der Waals surface area contributed by atoms with Crippen molar-refractivity contribution < 1.29 is 14.7 Å². The number of hydroxylamine groups is 1. The Bertz CT molecular complexity index is 547. The monoisotopic (exact) mass is 352 g/mol. The molecule has 0 aromatic carbocycles. The third kappa shape index (κ3) is 7.21. The lowest BCUT2D eigenvalue weighted by atomic mass is 9.90. The molecule has 0 aliphatic carbocycles. The smallest absolute Gasteiger partial charge is 0.337 e. The Morgan fingerprint density at radius 3 is 2.50 bits per heavy atom. The van der Waals surface area contributed by atoms with Crippen molar-refractivity contribution in [3.8, 4) is 0 Å². The quantitative estimate of drug-likeness (QED) is 0.140. The molecule has 0 radical (unpaired) electrons. The average Bonchev–Trinajstić information content (AvgIpc) is 2.53. The molecule has 6 heteroatoms. The van der Waals surface area contributed by atoms with Crippen LogP contribution in [0.4, 0.5) is 0 Å². The molecule has 0 spiro atoms. The Labute approximate surface area is 149 Å². The molecule has 5 nitrogen and oxygen atoms in total. The van der Waals surface area contributed by atoms with E-state index in [-0.39, 0.29) is 10.9 Å². The van der Waals surface area contributed by atoms with E-state index in [0.717, 1.165) is 18.4 Å². The van der Waals surface area contributed by atoms with Gasteiger partial charge < -0.3 is 15.7 Å². The number of thiocarbonyl (C=S) groups is 1. The molecule has 0 heterocycles. The third-order valence-electron chi connectivity index (χ3n) is 3.71. The molecule has 0 aliphatic rings. The number of carbonyl (C=O) groups excluding carboxylic acids is 1. The standard InChI is InChI=1S/C18H28N2O3S/c1-6-7-8-9-14(11-20-22)13(4)16(18(21)23-5)10-15(12(2)3)17(19)24/h6-7,10,14,20,22H,2,8-9,11H2,1,3-5H3,(H2,19,24). The molecule has 0 saturated carbocycles. The van der Waals surface area contributed by atoms with Crippen molar-refractivity contribution in [2.75, 3.05) is 13.7 Å². The fraction of sp³-hybridized carbons (Fsp3) is 0.444. The van der Waals surface area contributed by atoms with Gasteiger partial charge in [0.1, 0.15) is 4.99 Å². The molecule has 24 heavy (non-hydrogen) atoms. The minimum atomic E-state index is -0.475. The number of carbonyl (C=O) groups is 1. The molecule has 4 N–H and O–H groups in total. The van der Waals surface area contributed by atoms with Gasteiger partial charge in [-0.2, -0.15) is 0 Å². The van der Waals surface area contributed by atoms with E-state index in [0.29, 0.717) is 23.3 Å². The summed E-state index contributed by atoms with van der Waals surface area (Å²) in [5.74, 6) is -0.522. The number of rotatable bonds is 10. The first kappa shape index (κ1) is 22.2. The Hall–Kier alpha value is -1.76. The molecular weight excluding hydrogens is 324 g/mol. The van der Waals surface area contributed by atoms with Crippen LogP contribution in [0.5, 0.6) is 0 Å². The normalized spacial score (nSPS) is 14.3. The predicted octanol–water partition coefficient (Wildman–Crippen LogP) is 3.22. The van der Waals surface area contributed by atoms with Gasteiger partial charge in [-0.3, -0.25) is 0 Å². The largest absolute Gasteiger partial charge is 0.465 e. The average molecular weight is 352 g/mol. The highest BCUT2D eigenvalue weighted by Crippen LogP contribution is 2.24. The maximum absolute atomic E-state index is 12.2. The molecule has 0 rings (SSSR count). The number of nitrogens with two attached hydrogens (primary N) is 1. The summed E-state index contributed by atoms with van der Waals surface area (Å²) in [6, 6.07) is 0. The lowest BCUT2D eigenvalue weighted by molar-refractivity contribution is -0.135. The summed E-state index contributed by atoms with van der Waals surface area (Å²) in [7, 11) is 1.32. The Kier molecular flexibility index (Phi) is 10.9. The summed E-state index contributed by atoms with van der Waals surface area (Å²) in [5.41, 5.74) is 10.3.